The van der Waals surface area contributed by atoms with Gasteiger partial charge in [-0.15, -0.1) is 0 Å². The van der Waals surface area contributed by atoms with E-state index in [1.54, 1.807) is 5.57 Å². The van der Waals surface area contributed by atoms with Gasteiger partial charge in [-0.2, -0.15) is 0 Å². The molecule has 0 radical (unpaired) electrons. The Balaban J connectivity index is 1.70. The van der Waals surface area contributed by atoms with Crippen molar-refractivity contribution in [2.24, 2.45) is 29.1 Å². The van der Waals surface area contributed by atoms with Crippen LogP contribution in [0.4, 0.5) is 0 Å². The third kappa shape index (κ3) is 4.84. The molecule has 0 heterocycles. The SMILES string of the molecule is C=C1CC[C@H](O)C/C1=C/C=C1CCC[C@]2(C)[C@@H]([C@H](C)CCCC(C)C)CC[C@@H]12. The summed E-state index contributed by atoms with van der Waals surface area (Å²) in [4.78, 5) is 0. The minimum atomic E-state index is -0.172. The van der Waals surface area contributed by atoms with E-state index in [0.29, 0.717) is 5.41 Å². The van der Waals surface area contributed by atoms with Gasteiger partial charge in [-0.3, -0.25) is 0 Å². The van der Waals surface area contributed by atoms with Crippen molar-refractivity contribution in [3.63, 3.8) is 0 Å². The molecule has 0 amide bonds. The maximum Gasteiger partial charge on any atom is 0.0583 e. The summed E-state index contributed by atoms with van der Waals surface area (Å²) in [5.74, 6) is 3.37. The van der Waals surface area contributed by atoms with E-state index < -0.39 is 0 Å². The Hall–Kier alpha value is -0.820. The molecule has 0 aromatic heterocycles. The molecule has 0 saturated heterocycles. The van der Waals surface area contributed by atoms with Crippen molar-refractivity contribution >= 4 is 0 Å². The molecule has 3 aliphatic rings. The Kier molecular flexibility index (Phi) is 7.29. The van der Waals surface area contributed by atoms with Crippen LogP contribution in [-0.2, 0) is 0 Å². The lowest BCUT2D eigenvalue weighted by Crippen LogP contribution is -2.36. The van der Waals surface area contributed by atoms with Crippen LogP contribution >= 0.6 is 0 Å². The zero-order valence-electron chi connectivity index (χ0n) is 19.0. The van der Waals surface area contributed by atoms with Crippen molar-refractivity contribution in [3.8, 4) is 0 Å². The zero-order chi connectivity index (χ0) is 20.3. The Morgan fingerprint density at radius 3 is 2.64 bits per heavy atom. The number of aliphatic hydroxyl groups is 1. The normalized spacial score (nSPS) is 37.6. The lowest BCUT2D eigenvalue weighted by molar-refractivity contribution is 0.0929. The topological polar surface area (TPSA) is 20.2 Å². The summed E-state index contributed by atoms with van der Waals surface area (Å²) in [6.07, 6.45) is 18.2. The lowest BCUT2D eigenvalue weighted by Gasteiger charge is -2.44. The van der Waals surface area contributed by atoms with Gasteiger partial charge in [-0.1, -0.05) is 76.8 Å². The number of fused-ring (bicyclic) bond motifs is 1. The highest BCUT2D eigenvalue weighted by Gasteiger charge is 2.50. The van der Waals surface area contributed by atoms with E-state index in [1.807, 2.05) is 0 Å². The first kappa shape index (κ1) is 21.9. The van der Waals surface area contributed by atoms with Crippen LogP contribution in [0.2, 0.25) is 0 Å². The van der Waals surface area contributed by atoms with Gasteiger partial charge in [0.15, 0.2) is 0 Å². The highest BCUT2D eigenvalue weighted by atomic mass is 16.3. The number of aliphatic hydroxyl groups excluding tert-OH is 1. The van der Waals surface area contributed by atoms with Crippen molar-refractivity contribution in [2.75, 3.05) is 0 Å². The van der Waals surface area contributed by atoms with Gasteiger partial charge >= 0.3 is 0 Å². The molecule has 1 nitrogen and oxygen atoms in total. The van der Waals surface area contributed by atoms with Crippen LogP contribution in [0, 0.1) is 29.1 Å². The van der Waals surface area contributed by atoms with E-state index in [9.17, 15) is 5.11 Å². The minimum absolute atomic E-state index is 0.172. The predicted molar refractivity (Wildman–Crippen MR) is 121 cm³/mol. The number of allylic oxidation sites excluding steroid dienone is 4. The van der Waals surface area contributed by atoms with Crippen molar-refractivity contribution in [3.05, 3.63) is 35.5 Å². The Labute approximate surface area is 174 Å². The van der Waals surface area contributed by atoms with Gasteiger partial charge in [-0.05, 0) is 86.0 Å². The molecule has 0 aromatic rings. The highest BCUT2D eigenvalue weighted by molar-refractivity contribution is 5.36. The van der Waals surface area contributed by atoms with E-state index in [0.717, 1.165) is 42.9 Å². The fourth-order valence-electron chi connectivity index (χ4n) is 6.66. The van der Waals surface area contributed by atoms with Crippen LogP contribution < -0.4 is 0 Å². The van der Waals surface area contributed by atoms with Crippen molar-refractivity contribution in [1.29, 1.82) is 0 Å². The first-order valence-corrected chi connectivity index (χ1v) is 12.1. The van der Waals surface area contributed by atoms with Crippen molar-refractivity contribution in [1.82, 2.24) is 0 Å². The molecule has 0 aliphatic heterocycles. The standard InChI is InChI=1S/C27H44O/c1-19(2)8-6-9-21(4)25-15-16-26-22(10-7-17-27(25,26)5)12-13-23-18-24(28)14-11-20(23)3/h12-13,19,21,24-26,28H,3,6-11,14-18H2,1-2,4-5H3/b22-12?,23-13-/t21-,24+,25-,26+,27-/m1/s1. The predicted octanol–water partition coefficient (Wildman–Crippen LogP) is 7.62. The van der Waals surface area contributed by atoms with Gasteiger partial charge in [0, 0.05) is 0 Å². The molecule has 3 rings (SSSR count). The summed E-state index contributed by atoms with van der Waals surface area (Å²) < 4.78 is 0. The van der Waals surface area contributed by atoms with Crippen molar-refractivity contribution < 1.29 is 5.11 Å². The summed E-state index contributed by atoms with van der Waals surface area (Å²) in [6.45, 7) is 14.1. The summed E-state index contributed by atoms with van der Waals surface area (Å²) in [5.41, 5.74) is 4.72. The third-order valence-corrected chi connectivity index (χ3v) is 8.35. The second-order valence-electron chi connectivity index (χ2n) is 10.8. The van der Waals surface area contributed by atoms with Crippen molar-refractivity contribution in [2.45, 2.75) is 104 Å². The molecule has 3 aliphatic carbocycles. The third-order valence-electron chi connectivity index (χ3n) is 8.35. The average molecular weight is 385 g/mol. The molecule has 158 valence electrons. The zero-order valence-corrected chi connectivity index (χ0v) is 19.0. The van der Waals surface area contributed by atoms with E-state index in [4.69, 9.17) is 0 Å². The molecule has 3 fully saturated rings. The van der Waals surface area contributed by atoms with Gasteiger partial charge in [0.1, 0.15) is 0 Å². The first-order chi connectivity index (χ1) is 13.3. The van der Waals surface area contributed by atoms with Crippen LogP contribution in [0.1, 0.15) is 98.3 Å². The molecule has 5 atom stereocenters. The van der Waals surface area contributed by atoms with E-state index in [2.05, 4.69) is 46.4 Å². The molecular formula is C27H44O. The largest absolute Gasteiger partial charge is 0.393 e. The Morgan fingerprint density at radius 1 is 1.11 bits per heavy atom. The van der Waals surface area contributed by atoms with Crippen LogP contribution in [0.15, 0.2) is 35.5 Å². The molecule has 1 N–H and O–H groups in total. The minimum Gasteiger partial charge on any atom is -0.393 e. The summed E-state index contributed by atoms with van der Waals surface area (Å²) in [7, 11) is 0. The van der Waals surface area contributed by atoms with Gasteiger partial charge < -0.3 is 5.11 Å². The first-order valence-electron chi connectivity index (χ1n) is 12.1. The van der Waals surface area contributed by atoms with Gasteiger partial charge in [0.2, 0.25) is 0 Å². The molecule has 0 bridgehead atoms. The Bertz CT molecular complexity index is 610. The molecular weight excluding hydrogens is 340 g/mol. The average Bonchev–Trinajstić information content (AvgIpc) is 2.99. The highest BCUT2D eigenvalue weighted by Crippen LogP contribution is 2.59. The van der Waals surface area contributed by atoms with Gasteiger partial charge in [-0.25, -0.2) is 0 Å². The fourth-order valence-corrected chi connectivity index (χ4v) is 6.66. The second kappa shape index (κ2) is 9.33. The molecule has 0 aromatic carbocycles. The monoisotopic (exact) mass is 384 g/mol. The molecule has 1 heteroatoms. The summed E-state index contributed by atoms with van der Waals surface area (Å²) >= 11 is 0. The van der Waals surface area contributed by atoms with Crippen LogP contribution in [0.25, 0.3) is 0 Å². The van der Waals surface area contributed by atoms with E-state index in [1.165, 1.54) is 62.5 Å². The molecule has 0 unspecified atom stereocenters. The molecule has 3 saturated carbocycles. The smallest absolute Gasteiger partial charge is 0.0583 e. The quantitative estimate of drug-likeness (QED) is 0.499. The maximum atomic E-state index is 10.0. The fraction of sp³-hybridized carbons (Fsp3) is 0.778. The van der Waals surface area contributed by atoms with E-state index >= 15 is 0 Å². The Morgan fingerprint density at radius 2 is 1.89 bits per heavy atom. The number of hydrogen-bond donors (Lipinski definition) is 1. The summed E-state index contributed by atoms with van der Waals surface area (Å²) in [5, 5.41) is 10.0. The van der Waals surface area contributed by atoms with E-state index in [-0.39, 0.29) is 6.10 Å². The van der Waals surface area contributed by atoms with Crippen LogP contribution in [0.3, 0.4) is 0 Å². The van der Waals surface area contributed by atoms with Crippen LogP contribution in [-0.4, -0.2) is 11.2 Å². The molecule has 28 heavy (non-hydrogen) atoms. The lowest BCUT2D eigenvalue weighted by atomic mass is 9.60. The molecule has 0 spiro atoms. The number of hydrogen-bond acceptors (Lipinski definition) is 1. The summed E-state index contributed by atoms with van der Waals surface area (Å²) in [6, 6.07) is 0. The maximum absolute atomic E-state index is 10.0. The van der Waals surface area contributed by atoms with Gasteiger partial charge in [0.25, 0.3) is 0 Å². The number of rotatable bonds is 6. The van der Waals surface area contributed by atoms with Crippen LogP contribution in [0.5, 0.6) is 0 Å². The van der Waals surface area contributed by atoms with Gasteiger partial charge in [0.05, 0.1) is 6.10 Å². The second-order valence-corrected chi connectivity index (χ2v) is 10.8.